The molecule has 1 fully saturated rings. The summed E-state index contributed by atoms with van der Waals surface area (Å²) >= 11 is 1.87. The van der Waals surface area contributed by atoms with Gasteiger partial charge in [0, 0.05) is 32.1 Å². The molecule has 1 saturated heterocycles. The average Bonchev–Trinajstić information content (AvgIpc) is 2.38. The van der Waals surface area contributed by atoms with Crippen LogP contribution in [0.5, 0.6) is 5.75 Å². The van der Waals surface area contributed by atoms with Crippen molar-refractivity contribution in [1.82, 2.24) is 10.2 Å². The van der Waals surface area contributed by atoms with Gasteiger partial charge in [-0.1, -0.05) is 6.07 Å². The molecule has 2 rings (SSSR count). The van der Waals surface area contributed by atoms with Crippen molar-refractivity contribution >= 4 is 11.8 Å². The van der Waals surface area contributed by atoms with Crippen LogP contribution in [0.15, 0.2) is 23.1 Å². The largest absolute Gasteiger partial charge is 0.496 e. The Kier molecular flexibility index (Phi) is 4.71. The lowest BCUT2D eigenvalue weighted by Crippen LogP contribution is -2.43. The molecule has 3 nitrogen and oxygen atoms in total. The third kappa shape index (κ3) is 3.63. The fraction of sp³-hybridized carbons (Fsp3) is 0.538. The van der Waals surface area contributed by atoms with Crippen LogP contribution in [0.1, 0.15) is 5.56 Å². The minimum absolute atomic E-state index is 0.982. The summed E-state index contributed by atoms with van der Waals surface area (Å²) < 4.78 is 5.39. The van der Waals surface area contributed by atoms with Crippen molar-refractivity contribution in [1.29, 1.82) is 0 Å². The molecule has 1 heterocycles. The van der Waals surface area contributed by atoms with Crippen LogP contribution in [0.2, 0.25) is 0 Å². The number of rotatable bonds is 4. The van der Waals surface area contributed by atoms with Gasteiger partial charge in [-0.3, -0.25) is 4.90 Å². The smallest absolute Gasteiger partial charge is 0.132 e. The van der Waals surface area contributed by atoms with Gasteiger partial charge >= 0.3 is 0 Å². The van der Waals surface area contributed by atoms with Crippen LogP contribution in [-0.4, -0.2) is 44.1 Å². The molecule has 1 aliphatic rings. The van der Waals surface area contributed by atoms with E-state index >= 15 is 0 Å². The summed E-state index contributed by atoms with van der Waals surface area (Å²) in [5.74, 6) is 2.03. The topological polar surface area (TPSA) is 24.5 Å². The van der Waals surface area contributed by atoms with Gasteiger partial charge in [0.1, 0.15) is 5.75 Å². The number of methoxy groups -OCH3 is 1. The van der Waals surface area contributed by atoms with Crippen molar-refractivity contribution < 1.29 is 4.74 Å². The maximum Gasteiger partial charge on any atom is 0.132 e. The first-order valence-corrected chi connectivity index (χ1v) is 6.98. The zero-order valence-corrected chi connectivity index (χ0v) is 11.3. The van der Waals surface area contributed by atoms with Crippen molar-refractivity contribution in [3.63, 3.8) is 0 Å². The lowest BCUT2D eigenvalue weighted by molar-refractivity contribution is 0.280. The van der Waals surface area contributed by atoms with Gasteiger partial charge in [-0.2, -0.15) is 0 Å². The maximum atomic E-state index is 5.39. The summed E-state index contributed by atoms with van der Waals surface area (Å²) in [6.45, 7) is 6.60. The van der Waals surface area contributed by atoms with Crippen LogP contribution in [-0.2, 0) is 0 Å². The number of hydrogen-bond donors (Lipinski definition) is 1. The average molecular weight is 252 g/mol. The van der Waals surface area contributed by atoms with Crippen molar-refractivity contribution in [2.45, 2.75) is 11.8 Å². The number of hydrogen-bond acceptors (Lipinski definition) is 4. The van der Waals surface area contributed by atoms with E-state index in [0.29, 0.717) is 0 Å². The standard InChI is InChI=1S/C13H20N2OS/c1-11-3-4-12(16-2)13(9-11)17-10-15-7-5-14-6-8-15/h3-4,9,14H,5-8,10H2,1-2H3. The van der Waals surface area contributed by atoms with Crippen LogP contribution < -0.4 is 10.1 Å². The number of benzene rings is 1. The van der Waals surface area contributed by atoms with Crippen LogP contribution in [0.25, 0.3) is 0 Å². The molecular formula is C13H20N2OS. The van der Waals surface area contributed by atoms with Crippen LogP contribution in [0.3, 0.4) is 0 Å². The van der Waals surface area contributed by atoms with Gasteiger partial charge in [-0.15, -0.1) is 11.8 Å². The van der Waals surface area contributed by atoms with E-state index in [1.54, 1.807) is 7.11 Å². The molecule has 1 aromatic carbocycles. The molecule has 0 spiro atoms. The lowest BCUT2D eigenvalue weighted by Gasteiger charge is -2.26. The molecule has 0 amide bonds. The van der Waals surface area contributed by atoms with E-state index in [0.717, 1.165) is 37.8 Å². The van der Waals surface area contributed by atoms with E-state index in [1.165, 1.54) is 10.5 Å². The van der Waals surface area contributed by atoms with Crippen molar-refractivity contribution in [3.8, 4) is 5.75 Å². The van der Waals surface area contributed by atoms with Crippen molar-refractivity contribution in [2.24, 2.45) is 0 Å². The van der Waals surface area contributed by atoms with Crippen molar-refractivity contribution in [3.05, 3.63) is 23.8 Å². The fourth-order valence-corrected chi connectivity index (χ4v) is 3.04. The highest BCUT2D eigenvalue weighted by Crippen LogP contribution is 2.30. The Hall–Kier alpha value is -0.710. The molecule has 1 aliphatic heterocycles. The van der Waals surface area contributed by atoms with Gasteiger partial charge < -0.3 is 10.1 Å². The zero-order valence-electron chi connectivity index (χ0n) is 10.5. The summed E-state index contributed by atoms with van der Waals surface area (Å²) in [5.41, 5.74) is 1.29. The summed E-state index contributed by atoms with van der Waals surface area (Å²) in [6, 6.07) is 6.34. The maximum absolute atomic E-state index is 5.39. The summed E-state index contributed by atoms with van der Waals surface area (Å²) in [6.07, 6.45) is 0. The van der Waals surface area contributed by atoms with E-state index in [9.17, 15) is 0 Å². The van der Waals surface area contributed by atoms with Gasteiger partial charge in [0.15, 0.2) is 0 Å². The second kappa shape index (κ2) is 6.28. The minimum atomic E-state index is 0.982. The molecule has 0 aromatic heterocycles. The predicted octanol–water partition coefficient (Wildman–Crippen LogP) is 1.96. The van der Waals surface area contributed by atoms with Gasteiger partial charge in [-0.05, 0) is 24.6 Å². The SMILES string of the molecule is COc1ccc(C)cc1SCN1CCNCC1. The number of thioether (sulfide) groups is 1. The third-order valence-corrected chi connectivity index (χ3v) is 4.06. The molecule has 1 aromatic rings. The molecule has 4 heteroatoms. The fourth-order valence-electron chi connectivity index (χ4n) is 1.90. The van der Waals surface area contributed by atoms with Crippen molar-refractivity contribution in [2.75, 3.05) is 39.2 Å². The third-order valence-electron chi connectivity index (χ3n) is 2.93. The summed E-state index contributed by atoms with van der Waals surface area (Å²) in [5, 5.41) is 3.37. The molecule has 0 radical (unpaired) electrons. The molecule has 0 bridgehead atoms. The zero-order chi connectivity index (χ0) is 12.1. The Balaban J connectivity index is 1.95. The van der Waals surface area contributed by atoms with Gasteiger partial charge in [-0.25, -0.2) is 0 Å². The van der Waals surface area contributed by atoms with E-state index in [2.05, 4.69) is 35.3 Å². The number of piperazine rings is 1. The lowest BCUT2D eigenvalue weighted by atomic mass is 10.2. The highest BCUT2D eigenvalue weighted by molar-refractivity contribution is 7.99. The van der Waals surface area contributed by atoms with Crippen LogP contribution in [0.4, 0.5) is 0 Å². The van der Waals surface area contributed by atoms with E-state index in [1.807, 2.05) is 11.8 Å². The predicted molar refractivity (Wildman–Crippen MR) is 72.9 cm³/mol. The molecule has 0 atom stereocenters. The number of ether oxygens (including phenoxy) is 1. The summed E-state index contributed by atoms with van der Waals surface area (Å²) in [4.78, 5) is 3.72. The molecule has 0 aliphatic carbocycles. The van der Waals surface area contributed by atoms with Crippen LogP contribution in [0, 0.1) is 6.92 Å². The second-order valence-electron chi connectivity index (χ2n) is 4.30. The Bertz CT molecular complexity index is 364. The first-order valence-electron chi connectivity index (χ1n) is 6.00. The quantitative estimate of drug-likeness (QED) is 0.828. The molecule has 94 valence electrons. The molecule has 17 heavy (non-hydrogen) atoms. The minimum Gasteiger partial charge on any atom is -0.496 e. The first kappa shape index (κ1) is 12.7. The van der Waals surface area contributed by atoms with Gasteiger partial charge in [0.25, 0.3) is 0 Å². The van der Waals surface area contributed by atoms with E-state index in [4.69, 9.17) is 4.74 Å². The van der Waals surface area contributed by atoms with E-state index < -0.39 is 0 Å². The van der Waals surface area contributed by atoms with Gasteiger partial charge in [0.05, 0.1) is 12.0 Å². The van der Waals surface area contributed by atoms with Crippen LogP contribution >= 0.6 is 11.8 Å². The Morgan fingerprint density at radius 3 is 2.82 bits per heavy atom. The second-order valence-corrected chi connectivity index (χ2v) is 5.28. The number of nitrogens with zero attached hydrogens (tertiary/aromatic N) is 1. The Morgan fingerprint density at radius 2 is 2.12 bits per heavy atom. The monoisotopic (exact) mass is 252 g/mol. The first-order chi connectivity index (χ1) is 8.29. The number of aryl methyl sites for hydroxylation is 1. The van der Waals surface area contributed by atoms with E-state index in [-0.39, 0.29) is 0 Å². The molecule has 0 saturated carbocycles. The number of nitrogens with one attached hydrogen (secondary N) is 1. The highest BCUT2D eigenvalue weighted by Gasteiger charge is 2.11. The van der Waals surface area contributed by atoms with Gasteiger partial charge in [0.2, 0.25) is 0 Å². The Labute approximate surface area is 108 Å². The normalized spacial score (nSPS) is 17.1. The summed E-state index contributed by atoms with van der Waals surface area (Å²) in [7, 11) is 1.74. The highest BCUT2D eigenvalue weighted by atomic mass is 32.2. The molecule has 0 unspecified atom stereocenters. The molecular weight excluding hydrogens is 232 g/mol. The molecule has 1 N–H and O–H groups in total. The Morgan fingerprint density at radius 1 is 1.35 bits per heavy atom.